The van der Waals surface area contributed by atoms with Crippen LogP contribution in [0.1, 0.15) is 48.9 Å². The predicted octanol–water partition coefficient (Wildman–Crippen LogP) is 2.21. The molecule has 6 nitrogen and oxygen atoms in total. The van der Waals surface area contributed by atoms with Crippen molar-refractivity contribution in [2.24, 2.45) is 0 Å². The highest BCUT2D eigenvalue weighted by atomic mass is 15.3. The second-order valence-electron chi connectivity index (χ2n) is 6.55. The molecule has 2 aromatic rings. The van der Waals surface area contributed by atoms with Gasteiger partial charge in [0.05, 0.1) is 6.04 Å². The molecule has 4 heterocycles. The van der Waals surface area contributed by atoms with E-state index in [1.807, 2.05) is 13.1 Å². The molecule has 1 atom stereocenters. The van der Waals surface area contributed by atoms with Gasteiger partial charge in [0.2, 0.25) is 0 Å². The van der Waals surface area contributed by atoms with Crippen LogP contribution in [0.25, 0.3) is 0 Å². The van der Waals surface area contributed by atoms with Crippen LogP contribution in [0.2, 0.25) is 0 Å². The maximum atomic E-state index is 4.63. The Labute approximate surface area is 136 Å². The number of rotatable bonds is 4. The Morgan fingerprint density at radius 3 is 2.78 bits per heavy atom. The third kappa shape index (κ3) is 2.95. The van der Waals surface area contributed by atoms with Crippen molar-refractivity contribution in [2.75, 3.05) is 18.0 Å². The molecule has 1 fully saturated rings. The van der Waals surface area contributed by atoms with E-state index in [4.69, 9.17) is 0 Å². The third-order valence-electron chi connectivity index (χ3n) is 4.94. The van der Waals surface area contributed by atoms with E-state index in [0.29, 0.717) is 6.04 Å². The number of pyridine rings is 1. The minimum Gasteiger partial charge on any atom is -0.357 e. The molecule has 122 valence electrons. The van der Waals surface area contributed by atoms with Gasteiger partial charge in [-0.05, 0) is 44.2 Å². The first kappa shape index (κ1) is 14.6. The molecule has 0 saturated carbocycles. The summed E-state index contributed by atoms with van der Waals surface area (Å²) in [6.07, 6.45) is 6.87. The van der Waals surface area contributed by atoms with Gasteiger partial charge in [-0.25, -0.2) is 4.98 Å². The van der Waals surface area contributed by atoms with Crippen molar-refractivity contribution < 1.29 is 0 Å². The van der Waals surface area contributed by atoms with E-state index in [1.165, 1.54) is 24.8 Å². The fraction of sp³-hybridized carbons (Fsp3) is 0.588. The van der Waals surface area contributed by atoms with E-state index >= 15 is 0 Å². The van der Waals surface area contributed by atoms with Gasteiger partial charge in [-0.2, -0.15) is 0 Å². The number of fused-ring (bicyclic) bond motifs is 1. The lowest BCUT2D eigenvalue weighted by Gasteiger charge is -2.24. The van der Waals surface area contributed by atoms with E-state index in [9.17, 15) is 0 Å². The van der Waals surface area contributed by atoms with Gasteiger partial charge in [0.15, 0.2) is 0 Å². The summed E-state index contributed by atoms with van der Waals surface area (Å²) >= 11 is 0. The summed E-state index contributed by atoms with van der Waals surface area (Å²) < 4.78 is 2.23. The van der Waals surface area contributed by atoms with E-state index in [1.54, 1.807) is 0 Å². The highest BCUT2D eigenvalue weighted by Gasteiger charge is 2.23. The van der Waals surface area contributed by atoms with Crippen molar-refractivity contribution in [3.05, 3.63) is 35.5 Å². The van der Waals surface area contributed by atoms with Crippen molar-refractivity contribution in [3.63, 3.8) is 0 Å². The lowest BCUT2D eigenvalue weighted by molar-refractivity contribution is 0.381. The van der Waals surface area contributed by atoms with Crippen LogP contribution in [0, 0.1) is 6.92 Å². The summed E-state index contributed by atoms with van der Waals surface area (Å²) in [6.45, 7) is 6.17. The largest absolute Gasteiger partial charge is 0.357 e. The van der Waals surface area contributed by atoms with E-state index in [0.717, 1.165) is 50.1 Å². The number of anilines is 1. The van der Waals surface area contributed by atoms with Gasteiger partial charge in [-0.3, -0.25) is 0 Å². The number of aromatic nitrogens is 4. The molecule has 0 unspecified atom stereocenters. The zero-order valence-electron chi connectivity index (χ0n) is 13.7. The second-order valence-corrected chi connectivity index (χ2v) is 6.55. The molecular weight excluding hydrogens is 288 g/mol. The lowest BCUT2D eigenvalue weighted by atomic mass is 10.1. The van der Waals surface area contributed by atoms with Gasteiger partial charge in [0, 0.05) is 32.4 Å². The average molecular weight is 312 g/mol. The summed E-state index contributed by atoms with van der Waals surface area (Å²) in [4.78, 5) is 6.99. The molecule has 6 heteroatoms. The number of aryl methyl sites for hydroxylation is 1. The average Bonchev–Trinajstić information content (AvgIpc) is 3.24. The number of hydrogen-bond acceptors (Lipinski definition) is 5. The maximum absolute atomic E-state index is 4.63. The first-order chi connectivity index (χ1) is 11.3. The summed E-state index contributed by atoms with van der Waals surface area (Å²) in [7, 11) is 0. The summed E-state index contributed by atoms with van der Waals surface area (Å²) in [5.74, 6) is 3.21. The molecular formula is C17H24N6. The van der Waals surface area contributed by atoms with Crippen LogP contribution in [0.4, 0.5) is 5.82 Å². The Morgan fingerprint density at radius 1 is 1.13 bits per heavy atom. The molecule has 23 heavy (non-hydrogen) atoms. The minimum absolute atomic E-state index is 0.295. The molecule has 2 aliphatic heterocycles. The Morgan fingerprint density at radius 2 is 2.00 bits per heavy atom. The van der Waals surface area contributed by atoms with Gasteiger partial charge in [-0.15, -0.1) is 10.2 Å². The van der Waals surface area contributed by atoms with E-state index < -0.39 is 0 Å². The smallest absolute Gasteiger partial charge is 0.150 e. The first-order valence-electron chi connectivity index (χ1n) is 8.64. The summed E-state index contributed by atoms with van der Waals surface area (Å²) in [5.41, 5.74) is 1.22. The van der Waals surface area contributed by atoms with Gasteiger partial charge in [0.25, 0.3) is 0 Å². The monoisotopic (exact) mass is 312 g/mol. The lowest BCUT2D eigenvalue weighted by Crippen LogP contribution is -2.28. The first-order valence-corrected chi connectivity index (χ1v) is 8.64. The van der Waals surface area contributed by atoms with E-state index in [2.05, 4.69) is 42.1 Å². The number of nitrogens with one attached hydrogen (secondary N) is 1. The molecule has 2 aromatic heterocycles. The topological polar surface area (TPSA) is 58.9 Å². The van der Waals surface area contributed by atoms with Crippen LogP contribution in [0.5, 0.6) is 0 Å². The number of nitrogens with zero attached hydrogens (tertiary/aromatic N) is 5. The molecule has 1 N–H and O–H groups in total. The zero-order valence-corrected chi connectivity index (χ0v) is 13.7. The SMILES string of the molecule is Cc1nnc2n1CCC[C@@H]2NCc1ccc(N2CCCC2)nc1. The van der Waals surface area contributed by atoms with Crippen LogP contribution in [-0.4, -0.2) is 32.8 Å². The van der Waals surface area contributed by atoms with Crippen molar-refractivity contribution >= 4 is 5.82 Å². The Kier molecular flexibility index (Phi) is 3.99. The molecule has 0 aliphatic carbocycles. The fourth-order valence-corrected chi connectivity index (χ4v) is 3.60. The minimum atomic E-state index is 0.295. The fourth-order valence-electron chi connectivity index (χ4n) is 3.60. The van der Waals surface area contributed by atoms with Crippen LogP contribution in [0.15, 0.2) is 18.3 Å². The standard InChI is InChI=1S/C17H24N6/c1-13-20-21-17-15(5-4-10-23(13)17)18-11-14-6-7-16(19-12-14)22-8-2-3-9-22/h6-7,12,15,18H,2-5,8-11H2,1H3/t15-/m0/s1. The van der Waals surface area contributed by atoms with Crippen molar-refractivity contribution in [1.82, 2.24) is 25.1 Å². The predicted molar refractivity (Wildman–Crippen MR) is 89.3 cm³/mol. The van der Waals surface area contributed by atoms with Crippen molar-refractivity contribution in [2.45, 2.75) is 51.7 Å². The molecule has 0 bridgehead atoms. The van der Waals surface area contributed by atoms with Gasteiger partial charge < -0.3 is 14.8 Å². The summed E-state index contributed by atoms with van der Waals surface area (Å²) in [6, 6.07) is 4.63. The van der Waals surface area contributed by atoms with Crippen LogP contribution in [-0.2, 0) is 13.1 Å². The van der Waals surface area contributed by atoms with Crippen molar-refractivity contribution in [1.29, 1.82) is 0 Å². The molecule has 2 aliphatic rings. The van der Waals surface area contributed by atoms with Crippen LogP contribution < -0.4 is 10.2 Å². The maximum Gasteiger partial charge on any atom is 0.150 e. The van der Waals surface area contributed by atoms with Gasteiger partial charge >= 0.3 is 0 Å². The molecule has 0 spiro atoms. The number of hydrogen-bond donors (Lipinski definition) is 1. The van der Waals surface area contributed by atoms with E-state index in [-0.39, 0.29) is 0 Å². The second kappa shape index (κ2) is 6.28. The highest BCUT2D eigenvalue weighted by molar-refractivity contribution is 5.40. The highest BCUT2D eigenvalue weighted by Crippen LogP contribution is 2.24. The van der Waals surface area contributed by atoms with Crippen molar-refractivity contribution in [3.8, 4) is 0 Å². The Balaban J connectivity index is 1.39. The molecule has 0 radical (unpaired) electrons. The normalized spacial score (nSPS) is 20.7. The molecule has 0 aromatic carbocycles. The molecule has 0 amide bonds. The Bertz CT molecular complexity index is 656. The quantitative estimate of drug-likeness (QED) is 0.938. The van der Waals surface area contributed by atoms with Gasteiger partial charge in [0.1, 0.15) is 17.5 Å². The summed E-state index contributed by atoms with van der Waals surface area (Å²) in [5, 5.41) is 12.2. The van der Waals surface area contributed by atoms with Crippen LogP contribution >= 0.6 is 0 Å². The zero-order chi connectivity index (χ0) is 15.6. The third-order valence-corrected chi connectivity index (χ3v) is 4.94. The Hall–Kier alpha value is -1.95. The van der Waals surface area contributed by atoms with Crippen LogP contribution in [0.3, 0.4) is 0 Å². The van der Waals surface area contributed by atoms with Gasteiger partial charge in [-0.1, -0.05) is 6.07 Å². The molecule has 1 saturated heterocycles. The molecule has 4 rings (SSSR count).